The topological polar surface area (TPSA) is 64.0 Å². The molecule has 0 saturated carbocycles. The fourth-order valence-electron chi connectivity index (χ4n) is 5.51. The number of halogens is 2. The molecule has 0 N–H and O–H groups in total. The molecule has 0 radical (unpaired) electrons. The van der Waals surface area contributed by atoms with Gasteiger partial charge in [-0.25, -0.2) is 8.78 Å². The number of aromatic nitrogens is 1. The van der Waals surface area contributed by atoms with Crippen molar-refractivity contribution in [3.8, 4) is 5.75 Å². The molecule has 0 bridgehead atoms. The predicted octanol–water partition coefficient (Wildman–Crippen LogP) is 4.70. The van der Waals surface area contributed by atoms with E-state index in [-0.39, 0.29) is 40.7 Å². The molecule has 10 heteroatoms. The molecule has 4 heterocycles. The molecule has 1 aromatic heterocycles. The Morgan fingerprint density at radius 1 is 1.10 bits per heavy atom. The smallest absolute Gasteiger partial charge is 0.278 e. The highest BCUT2D eigenvalue weighted by molar-refractivity contribution is 7.98. The van der Waals surface area contributed by atoms with E-state index in [4.69, 9.17) is 9.47 Å². The van der Waals surface area contributed by atoms with Crippen LogP contribution in [0.2, 0.25) is 0 Å². The Kier molecular flexibility index (Phi) is 6.84. The quantitative estimate of drug-likeness (QED) is 0.457. The van der Waals surface area contributed by atoms with Gasteiger partial charge in [-0.3, -0.25) is 19.3 Å². The maximum atomic E-state index is 15.3. The second kappa shape index (κ2) is 10.3. The lowest BCUT2D eigenvalue weighted by Crippen LogP contribution is -2.66. The van der Waals surface area contributed by atoms with Gasteiger partial charge in [-0.05, 0) is 35.6 Å². The van der Waals surface area contributed by atoms with E-state index in [0.29, 0.717) is 31.2 Å². The first-order valence-electron chi connectivity index (χ1n) is 13.1. The Morgan fingerprint density at radius 3 is 2.74 bits per heavy atom. The number of hydrogen-bond donors (Lipinski definition) is 0. The molecule has 1 fully saturated rings. The summed E-state index contributed by atoms with van der Waals surface area (Å²) < 4.78 is 43.2. The van der Waals surface area contributed by atoms with Crippen LogP contribution in [-0.4, -0.2) is 48.0 Å². The molecular weight excluding hydrogens is 524 g/mol. The van der Waals surface area contributed by atoms with Gasteiger partial charge in [0.1, 0.15) is 6.17 Å². The monoisotopic (exact) mass is 553 g/mol. The lowest BCUT2D eigenvalue weighted by Gasteiger charge is -2.51. The van der Waals surface area contributed by atoms with E-state index in [1.165, 1.54) is 17.8 Å². The molecule has 1 amide bonds. The summed E-state index contributed by atoms with van der Waals surface area (Å²) in [7, 11) is 0. The van der Waals surface area contributed by atoms with Crippen LogP contribution in [0.3, 0.4) is 0 Å². The Hall–Kier alpha value is -3.37. The molecule has 39 heavy (non-hydrogen) atoms. The van der Waals surface area contributed by atoms with Gasteiger partial charge in [0.05, 0.1) is 25.9 Å². The summed E-state index contributed by atoms with van der Waals surface area (Å²) in [4.78, 5) is 29.6. The van der Waals surface area contributed by atoms with E-state index in [2.05, 4.69) is 13.8 Å². The number of morpholine rings is 1. The van der Waals surface area contributed by atoms with Gasteiger partial charge in [0.15, 0.2) is 23.1 Å². The molecule has 2 atom stereocenters. The van der Waals surface area contributed by atoms with Crippen LogP contribution in [0, 0.1) is 17.6 Å². The van der Waals surface area contributed by atoms with Crippen LogP contribution >= 0.6 is 11.8 Å². The van der Waals surface area contributed by atoms with E-state index in [1.54, 1.807) is 21.8 Å². The van der Waals surface area contributed by atoms with Crippen LogP contribution in [0.5, 0.6) is 5.75 Å². The standard InChI is InChI=1S/C29H29F2N3O4S/c1-17(2)10-13-38-28-22(35)9-11-33-27(28)29(36)32-12-14-37-15-24(32)34(33)26-18-7-8-21(30)25(31)20(18)16-39-23-6-4-3-5-19(23)26/h3-9,11,17,24,26H,10,12-16H2,1-2H3/t24-,26-/m1/s1. The fraction of sp³-hybridized carbons (Fsp3) is 0.379. The molecule has 7 nitrogen and oxygen atoms in total. The lowest BCUT2D eigenvalue weighted by atomic mass is 9.93. The van der Waals surface area contributed by atoms with Crippen LogP contribution in [0.1, 0.15) is 53.5 Å². The largest absolute Gasteiger partial charge is 0.487 e. The van der Waals surface area contributed by atoms with E-state index < -0.39 is 23.8 Å². The molecule has 204 valence electrons. The zero-order chi connectivity index (χ0) is 27.3. The molecule has 3 aliphatic heterocycles. The van der Waals surface area contributed by atoms with Gasteiger partial charge < -0.3 is 14.4 Å². The number of hydrogen-bond acceptors (Lipinski definition) is 6. The number of fused-ring (bicyclic) bond motifs is 4. The third kappa shape index (κ3) is 4.39. The van der Waals surface area contributed by atoms with Gasteiger partial charge in [-0.15, -0.1) is 11.8 Å². The number of benzene rings is 2. The van der Waals surface area contributed by atoms with E-state index >= 15 is 4.39 Å². The fourth-order valence-corrected chi connectivity index (χ4v) is 6.62. The van der Waals surface area contributed by atoms with E-state index in [1.807, 2.05) is 29.3 Å². The van der Waals surface area contributed by atoms with Crippen LogP contribution in [-0.2, 0) is 10.5 Å². The Labute approximate surface area is 229 Å². The summed E-state index contributed by atoms with van der Waals surface area (Å²) in [6.07, 6.45) is 1.74. The van der Waals surface area contributed by atoms with Crippen molar-refractivity contribution in [1.82, 2.24) is 9.58 Å². The first kappa shape index (κ1) is 25.9. The van der Waals surface area contributed by atoms with Gasteiger partial charge in [0.25, 0.3) is 5.91 Å². The number of pyridine rings is 1. The van der Waals surface area contributed by atoms with Gasteiger partial charge >= 0.3 is 0 Å². The van der Waals surface area contributed by atoms with Gasteiger partial charge in [-0.1, -0.05) is 38.1 Å². The van der Waals surface area contributed by atoms with Crippen molar-refractivity contribution in [2.24, 2.45) is 5.92 Å². The zero-order valence-electron chi connectivity index (χ0n) is 21.7. The molecule has 6 rings (SSSR count). The third-order valence-electron chi connectivity index (χ3n) is 7.47. The minimum absolute atomic E-state index is 0.000107. The zero-order valence-corrected chi connectivity index (χ0v) is 22.5. The van der Waals surface area contributed by atoms with Gasteiger partial charge in [0.2, 0.25) is 5.43 Å². The summed E-state index contributed by atoms with van der Waals surface area (Å²) in [6, 6.07) is 11.3. The molecule has 0 spiro atoms. The highest BCUT2D eigenvalue weighted by atomic mass is 32.2. The minimum atomic E-state index is -0.902. The average Bonchev–Trinajstić information content (AvgIpc) is 3.09. The number of ether oxygens (including phenoxy) is 2. The van der Waals surface area contributed by atoms with E-state index in [9.17, 15) is 14.0 Å². The van der Waals surface area contributed by atoms with Crippen LogP contribution < -0.4 is 15.2 Å². The molecule has 3 aliphatic rings. The normalized spacial score (nSPS) is 20.2. The van der Waals surface area contributed by atoms with Crippen LogP contribution in [0.15, 0.2) is 58.4 Å². The number of nitrogens with zero attached hydrogens (tertiary/aromatic N) is 3. The predicted molar refractivity (Wildman–Crippen MR) is 144 cm³/mol. The molecule has 0 aliphatic carbocycles. The Balaban J connectivity index is 1.60. The number of rotatable bonds is 5. The van der Waals surface area contributed by atoms with Crippen LogP contribution in [0.25, 0.3) is 0 Å². The molecule has 0 unspecified atom stereocenters. The maximum Gasteiger partial charge on any atom is 0.278 e. The minimum Gasteiger partial charge on any atom is -0.487 e. The highest BCUT2D eigenvalue weighted by Crippen LogP contribution is 2.45. The van der Waals surface area contributed by atoms with Crippen LogP contribution in [0.4, 0.5) is 8.78 Å². The summed E-state index contributed by atoms with van der Waals surface area (Å²) in [5.41, 5.74) is 1.51. The summed E-state index contributed by atoms with van der Waals surface area (Å²) in [5.74, 6) is -1.49. The van der Waals surface area contributed by atoms with E-state index in [0.717, 1.165) is 22.9 Å². The molecular formula is C29H29F2N3O4S. The average molecular weight is 554 g/mol. The third-order valence-corrected chi connectivity index (χ3v) is 8.59. The number of thioether (sulfide) groups is 1. The number of carbonyl (C=O) groups excluding carboxylic acids is 1. The van der Waals surface area contributed by atoms with Crippen molar-refractivity contribution in [2.75, 3.05) is 31.4 Å². The molecule has 1 saturated heterocycles. The first-order chi connectivity index (χ1) is 18.9. The second-order valence-corrected chi connectivity index (χ2v) is 11.3. The lowest BCUT2D eigenvalue weighted by molar-refractivity contribution is -0.0198. The van der Waals surface area contributed by atoms with Gasteiger partial charge in [-0.2, -0.15) is 0 Å². The number of amides is 1. The van der Waals surface area contributed by atoms with Gasteiger partial charge in [0, 0.05) is 35.0 Å². The van der Waals surface area contributed by atoms with Crippen molar-refractivity contribution in [1.29, 1.82) is 0 Å². The maximum absolute atomic E-state index is 15.3. The first-order valence-corrected chi connectivity index (χ1v) is 14.1. The van der Waals surface area contributed by atoms with Crippen molar-refractivity contribution in [3.63, 3.8) is 0 Å². The van der Waals surface area contributed by atoms with Crippen molar-refractivity contribution < 1.29 is 23.0 Å². The van der Waals surface area contributed by atoms with Crippen molar-refractivity contribution >= 4 is 17.7 Å². The molecule has 3 aromatic rings. The van der Waals surface area contributed by atoms with Crippen molar-refractivity contribution in [3.05, 3.63) is 92.9 Å². The highest BCUT2D eigenvalue weighted by Gasteiger charge is 2.46. The molecule has 2 aromatic carbocycles. The Morgan fingerprint density at radius 2 is 1.92 bits per heavy atom. The SMILES string of the molecule is CC(C)CCOc1c2n(ccc1=O)N([C@H]1c3ccccc3SCc3c1ccc(F)c3F)[C@@H]1COCCN1C2=O. The summed E-state index contributed by atoms with van der Waals surface area (Å²) >= 11 is 1.44. The van der Waals surface area contributed by atoms with Crippen molar-refractivity contribution in [2.45, 2.75) is 43.1 Å². The number of carbonyl (C=O) groups is 1. The second-order valence-electron chi connectivity index (χ2n) is 10.3. The summed E-state index contributed by atoms with van der Waals surface area (Å²) in [5, 5.41) is 1.95. The summed E-state index contributed by atoms with van der Waals surface area (Å²) in [6.45, 7) is 5.30. The Bertz CT molecular complexity index is 1490.